The van der Waals surface area contributed by atoms with E-state index in [0.717, 1.165) is 18.0 Å². The van der Waals surface area contributed by atoms with Gasteiger partial charge < -0.3 is 15.0 Å². The zero-order valence-corrected chi connectivity index (χ0v) is 19.9. The lowest BCUT2D eigenvalue weighted by molar-refractivity contribution is 0.261. The van der Waals surface area contributed by atoms with E-state index < -0.39 is 0 Å². The highest BCUT2D eigenvalue weighted by atomic mass is 35.5. The average molecular weight is 474 g/mol. The number of nitrogens with zero attached hydrogens (tertiary/aromatic N) is 4. The van der Waals surface area contributed by atoms with Crippen LogP contribution in [0.2, 0.25) is 5.02 Å². The molecule has 2 aromatic heterocycles. The van der Waals surface area contributed by atoms with Gasteiger partial charge in [0.2, 0.25) is 5.95 Å². The van der Waals surface area contributed by atoms with Crippen LogP contribution in [-0.4, -0.2) is 46.7 Å². The summed E-state index contributed by atoms with van der Waals surface area (Å²) in [6.45, 7) is 1.44. The first-order chi connectivity index (χ1) is 16.4. The van der Waals surface area contributed by atoms with Gasteiger partial charge in [0.25, 0.3) is 5.56 Å². The van der Waals surface area contributed by atoms with Gasteiger partial charge in [-0.25, -0.2) is 4.98 Å². The minimum absolute atomic E-state index is 0.280. The summed E-state index contributed by atoms with van der Waals surface area (Å²) in [7, 11) is 5.65. The fourth-order valence-electron chi connectivity index (χ4n) is 3.54. The SMILES string of the molecule is C#Cc1c(-c2ccccc2Cl)c(=O)n(C)c2nc(Nc3ccc(OCCN(C)C)cc3)ncc12. The van der Waals surface area contributed by atoms with Gasteiger partial charge in [0.1, 0.15) is 18.0 Å². The summed E-state index contributed by atoms with van der Waals surface area (Å²) < 4.78 is 7.18. The zero-order chi connectivity index (χ0) is 24.2. The van der Waals surface area contributed by atoms with Gasteiger partial charge in [-0.3, -0.25) is 9.36 Å². The van der Waals surface area contributed by atoms with Gasteiger partial charge in [-0.05, 0) is 44.4 Å². The topological polar surface area (TPSA) is 72.3 Å². The molecule has 0 aliphatic rings. The molecule has 4 rings (SSSR count). The maximum atomic E-state index is 13.3. The number of benzene rings is 2. The minimum Gasteiger partial charge on any atom is -0.492 e. The van der Waals surface area contributed by atoms with E-state index in [4.69, 9.17) is 22.8 Å². The highest BCUT2D eigenvalue weighted by Gasteiger charge is 2.19. The second-order valence-electron chi connectivity index (χ2n) is 7.97. The average Bonchev–Trinajstić information content (AvgIpc) is 2.83. The van der Waals surface area contributed by atoms with Crippen molar-refractivity contribution < 1.29 is 4.74 Å². The van der Waals surface area contributed by atoms with E-state index in [0.29, 0.717) is 45.3 Å². The lowest BCUT2D eigenvalue weighted by Crippen LogP contribution is -2.22. The van der Waals surface area contributed by atoms with Crippen LogP contribution in [0.1, 0.15) is 5.56 Å². The molecule has 172 valence electrons. The molecule has 0 radical (unpaired) electrons. The molecule has 4 aromatic rings. The number of ether oxygens (including phenoxy) is 1. The number of likely N-dealkylation sites (N-methyl/N-ethyl adjacent to an activating group) is 1. The predicted octanol–water partition coefficient (Wildman–Crippen LogP) is 4.31. The van der Waals surface area contributed by atoms with E-state index in [1.807, 2.05) is 44.4 Å². The van der Waals surface area contributed by atoms with Crippen molar-refractivity contribution in [2.24, 2.45) is 7.05 Å². The Morgan fingerprint density at radius 1 is 1.18 bits per heavy atom. The number of rotatable bonds is 7. The van der Waals surface area contributed by atoms with Crippen molar-refractivity contribution in [2.45, 2.75) is 0 Å². The van der Waals surface area contributed by atoms with Crippen molar-refractivity contribution in [1.82, 2.24) is 19.4 Å². The van der Waals surface area contributed by atoms with Crippen LogP contribution in [0.3, 0.4) is 0 Å². The van der Waals surface area contributed by atoms with Crippen LogP contribution >= 0.6 is 11.6 Å². The molecule has 0 fully saturated rings. The molecule has 0 aliphatic heterocycles. The Balaban J connectivity index is 1.67. The molecule has 2 heterocycles. The van der Waals surface area contributed by atoms with Gasteiger partial charge in [0, 0.05) is 36.1 Å². The first-order valence-electron chi connectivity index (χ1n) is 10.6. The lowest BCUT2D eigenvalue weighted by Gasteiger charge is -2.14. The van der Waals surface area contributed by atoms with E-state index in [-0.39, 0.29) is 5.56 Å². The smallest absolute Gasteiger partial charge is 0.261 e. The van der Waals surface area contributed by atoms with Crippen molar-refractivity contribution >= 4 is 34.3 Å². The first-order valence-corrected chi connectivity index (χ1v) is 11.0. The van der Waals surface area contributed by atoms with Crippen LogP contribution in [0.25, 0.3) is 22.2 Å². The van der Waals surface area contributed by atoms with Gasteiger partial charge in [-0.15, -0.1) is 6.42 Å². The summed E-state index contributed by atoms with van der Waals surface area (Å²) in [6.07, 6.45) is 7.45. The third-order valence-corrected chi connectivity index (χ3v) is 5.66. The fraction of sp³-hybridized carbons (Fsp3) is 0.192. The first kappa shape index (κ1) is 23.3. The third-order valence-electron chi connectivity index (χ3n) is 5.33. The van der Waals surface area contributed by atoms with Crippen molar-refractivity contribution in [2.75, 3.05) is 32.6 Å². The molecule has 0 unspecified atom stereocenters. The molecule has 7 nitrogen and oxygen atoms in total. The van der Waals surface area contributed by atoms with Crippen LogP contribution in [0, 0.1) is 12.3 Å². The number of terminal acetylenes is 1. The molecule has 34 heavy (non-hydrogen) atoms. The van der Waals surface area contributed by atoms with Gasteiger partial charge in [0.15, 0.2) is 0 Å². The van der Waals surface area contributed by atoms with Crippen molar-refractivity contribution in [3.63, 3.8) is 0 Å². The molecule has 8 heteroatoms. The van der Waals surface area contributed by atoms with Crippen molar-refractivity contribution in [3.05, 3.63) is 75.7 Å². The van der Waals surface area contributed by atoms with Crippen LogP contribution in [0.5, 0.6) is 5.75 Å². The zero-order valence-electron chi connectivity index (χ0n) is 19.2. The maximum absolute atomic E-state index is 13.3. The highest BCUT2D eigenvalue weighted by Crippen LogP contribution is 2.31. The minimum atomic E-state index is -0.280. The number of aryl methyl sites for hydroxylation is 1. The Morgan fingerprint density at radius 2 is 1.91 bits per heavy atom. The molecule has 0 atom stereocenters. The summed E-state index contributed by atoms with van der Waals surface area (Å²) in [4.78, 5) is 24.3. The molecule has 0 saturated carbocycles. The molecule has 1 N–H and O–H groups in total. The predicted molar refractivity (Wildman–Crippen MR) is 137 cm³/mol. The summed E-state index contributed by atoms with van der Waals surface area (Å²) in [5.74, 6) is 3.76. The lowest BCUT2D eigenvalue weighted by atomic mass is 9.99. The monoisotopic (exact) mass is 473 g/mol. The summed E-state index contributed by atoms with van der Waals surface area (Å²) in [5, 5.41) is 4.20. The summed E-state index contributed by atoms with van der Waals surface area (Å²) in [5.41, 5.74) is 2.28. The quantitative estimate of drug-likeness (QED) is 0.403. The number of halogens is 1. The van der Waals surface area contributed by atoms with E-state index in [9.17, 15) is 4.79 Å². The van der Waals surface area contributed by atoms with Crippen LogP contribution in [0.15, 0.2) is 59.5 Å². The second-order valence-corrected chi connectivity index (χ2v) is 8.38. The Morgan fingerprint density at radius 3 is 2.59 bits per heavy atom. The Bertz CT molecular complexity index is 1440. The number of hydrogen-bond donors (Lipinski definition) is 1. The molecule has 0 aliphatic carbocycles. The van der Waals surface area contributed by atoms with Gasteiger partial charge in [0.05, 0.1) is 16.5 Å². The van der Waals surface area contributed by atoms with Crippen molar-refractivity contribution in [3.8, 4) is 29.2 Å². The van der Waals surface area contributed by atoms with Crippen LogP contribution < -0.4 is 15.6 Å². The number of anilines is 2. The summed E-state index contributed by atoms with van der Waals surface area (Å²) in [6, 6.07) is 14.6. The molecule has 0 saturated heterocycles. The van der Waals surface area contributed by atoms with E-state index in [2.05, 4.69) is 26.1 Å². The number of aromatic nitrogens is 3. The van der Waals surface area contributed by atoms with E-state index >= 15 is 0 Å². The van der Waals surface area contributed by atoms with Crippen LogP contribution in [0.4, 0.5) is 11.6 Å². The van der Waals surface area contributed by atoms with E-state index in [1.165, 1.54) is 4.57 Å². The molecule has 2 aromatic carbocycles. The maximum Gasteiger partial charge on any atom is 0.261 e. The number of nitrogens with one attached hydrogen (secondary N) is 1. The normalized spacial score (nSPS) is 10.9. The Labute approximate surface area is 203 Å². The Kier molecular flexibility index (Phi) is 6.82. The molecule has 0 amide bonds. The van der Waals surface area contributed by atoms with E-state index in [1.54, 1.807) is 31.4 Å². The molecule has 0 spiro atoms. The number of hydrogen-bond acceptors (Lipinski definition) is 6. The Hall–Kier alpha value is -3.86. The standard InChI is InChI=1S/C26H24ClN5O2/c1-5-19-21-16-28-26(29-17-10-12-18(13-11-17)34-15-14-31(2)3)30-24(21)32(4)25(33)23(19)20-8-6-7-9-22(20)27/h1,6-13,16H,14-15H2,2-4H3,(H,28,29,30). The second kappa shape index (κ2) is 9.96. The molecule has 0 bridgehead atoms. The van der Waals surface area contributed by atoms with Gasteiger partial charge in [-0.1, -0.05) is 35.7 Å². The fourth-order valence-corrected chi connectivity index (χ4v) is 3.77. The van der Waals surface area contributed by atoms with Crippen LogP contribution in [-0.2, 0) is 7.05 Å². The number of pyridine rings is 1. The van der Waals surface area contributed by atoms with Gasteiger partial charge in [-0.2, -0.15) is 4.98 Å². The highest BCUT2D eigenvalue weighted by molar-refractivity contribution is 6.33. The van der Waals surface area contributed by atoms with Crippen molar-refractivity contribution in [1.29, 1.82) is 0 Å². The van der Waals surface area contributed by atoms with Gasteiger partial charge >= 0.3 is 0 Å². The largest absolute Gasteiger partial charge is 0.492 e. The summed E-state index contributed by atoms with van der Waals surface area (Å²) >= 11 is 6.36. The molecular weight excluding hydrogens is 450 g/mol. The molecular formula is C26H24ClN5O2. The number of fused-ring (bicyclic) bond motifs is 1. The third kappa shape index (κ3) is 4.74.